The van der Waals surface area contributed by atoms with Crippen LogP contribution < -0.4 is 11.1 Å². The van der Waals surface area contributed by atoms with Gasteiger partial charge in [-0.25, -0.2) is 0 Å². The van der Waals surface area contributed by atoms with Crippen LogP contribution in [0, 0.1) is 10.1 Å². The highest BCUT2D eigenvalue weighted by atomic mass is 16.6. The molecule has 98 valence electrons. The van der Waals surface area contributed by atoms with Gasteiger partial charge in [-0.1, -0.05) is 5.16 Å². The van der Waals surface area contributed by atoms with Crippen LogP contribution >= 0.6 is 0 Å². The number of carbonyl (C=O) groups excluding carboxylic acids is 1. The second kappa shape index (κ2) is 5.17. The molecule has 0 bridgehead atoms. The van der Waals surface area contributed by atoms with Gasteiger partial charge < -0.3 is 15.6 Å². The lowest BCUT2D eigenvalue weighted by Gasteiger charge is -2.05. The first-order valence-corrected chi connectivity index (χ1v) is 5.29. The number of nitrogen functional groups attached to an aromatic ring is 1. The molecule has 0 saturated carbocycles. The second-order valence-corrected chi connectivity index (χ2v) is 3.70. The van der Waals surface area contributed by atoms with Gasteiger partial charge in [0.1, 0.15) is 12.0 Å². The molecule has 2 rings (SSSR count). The molecule has 0 radical (unpaired) electrons. The van der Waals surface area contributed by atoms with Crippen LogP contribution in [0.15, 0.2) is 35.1 Å². The molecule has 0 spiro atoms. The number of rotatable bonds is 4. The number of benzene rings is 1. The fourth-order valence-electron chi connectivity index (χ4n) is 1.45. The molecule has 1 amide bonds. The van der Waals surface area contributed by atoms with Crippen LogP contribution in [0.4, 0.5) is 11.4 Å². The number of hydrogen-bond donors (Lipinski definition) is 2. The number of nitrogens with two attached hydrogens (primary N) is 1. The molecule has 0 fully saturated rings. The van der Waals surface area contributed by atoms with Crippen molar-refractivity contribution in [2.45, 2.75) is 6.54 Å². The molecule has 1 heterocycles. The molecule has 1 aromatic carbocycles. The quantitative estimate of drug-likeness (QED) is 0.482. The van der Waals surface area contributed by atoms with Crippen LogP contribution in [0.5, 0.6) is 0 Å². The Labute approximate surface area is 107 Å². The number of amides is 1. The third-order valence-corrected chi connectivity index (χ3v) is 2.41. The molecule has 0 aliphatic heterocycles. The van der Waals surface area contributed by atoms with Crippen LogP contribution in [-0.4, -0.2) is 16.0 Å². The van der Waals surface area contributed by atoms with Gasteiger partial charge in [0, 0.05) is 23.9 Å². The van der Waals surface area contributed by atoms with E-state index in [1.54, 1.807) is 6.07 Å². The maximum absolute atomic E-state index is 11.9. The number of hydrogen-bond acceptors (Lipinski definition) is 6. The minimum Gasteiger partial charge on any atom is -0.398 e. The Balaban J connectivity index is 2.14. The summed E-state index contributed by atoms with van der Waals surface area (Å²) in [7, 11) is 0. The van der Waals surface area contributed by atoms with Crippen molar-refractivity contribution in [2.24, 2.45) is 0 Å². The molecular formula is C11H10N4O4. The van der Waals surface area contributed by atoms with Gasteiger partial charge in [-0.3, -0.25) is 14.9 Å². The SMILES string of the molecule is Nc1ccc([N+](=O)[O-])cc1C(=O)NCc1ccon1. The highest BCUT2D eigenvalue weighted by molar-refractivity contribution is 5.99. The molecule has 8 heteroatoms. The standard InChI is InChI=1S/C11H10N4O4/c12-10-2-1-8(15(17)18)5-9(10)11(16)13-6-7-3-4-19-14-7/h1-5H,6,12H2,(H,13,16). The number of aromatic nitrogens is 1. The first kappa shape index (κ1) is 12.6. The van der Waals surface area contributed by atoms with Crippen molar-refractivity contribution in [1.82, 2.24) is 10.5 Å². The number of anilines is 1. The molecule has 0 saturated heterocycles. The van der Waals surface area contributed by atoms with Gasteiger partial charge in [0.15, 0.2) is 0 Å². The van der Waals surface area contributed by atoms with E-state index in [9.17, 15) is 14.9 Å². The zero-order valence-corrected chi connectivity index (χ0v) is 9.70. The van der Waals surface area contributed by atoms with E-state index in [0.717, 1.165) is 6.07 Å². The van der Waals surface area contributed by atoms with E-state index < -0.39 is 10.8 Å². The maximum Gasteiger partial charge on any atom is 0.270 e. The Morgan fingerprint density at radius 1 is 1.47 bits per heavy atom. The molecule has 2 aromatic rings. The summed E-state index contributed by atoms with van der Waals surface area (Å²) in [4.78, 5) is 21.9. The van der Waals surface area contributed by atoms with E-state index in [2.05, 4.69) is 15.0 Å². The summed E-state index contributed by atoms with van der Waals surface area (Å²) >= 11 is 0. The van der Waals surface area contributed by atoms with E-state index in [1.165, 1.54) is 18.4 Å². The van der Waals surface area contributed by atoms with Crippen LogP contribution in [-0.2, 0) is 6.54 Å². The van der Waals surface area contributed by atoms with Crippen molar-refractivity contribution in [2.75, 3.05) is 5.73 Å². The largest absolute Gasteiger partial charge is 0.398 e. The zero-order valence-electron chi connectivity index (χ0n) is 9.70. The van der Waals surface area contributed by atoms with Crippen molar-refractivity contribution in [3.8, 4) is 0 Å². The minimum atomic E-state index is -0.589. The summed E-state index contributed by atoms with van der Waals surface area (Å²) < 4.78 is 4.61. The third kappa shape index (κ3) is 2.86. The van der Waals surface area contributed by atoms with Gasteiger partial charge in [-0.15, -0.1) is 0 Å². The van der Waals surface area contributed by atoms with Gasteiger partial charge in [-0.05, 0) is 6.07 Å². The number of nitrogens with zero attached hydrogens (tertiary/aromatic N) is 2. The average Bonchev–Trinajstić information content (AvgIpc) is 2.89. The van der Waals surface area contributed by atoms with Crippen LogP contribution in [0.2, 0.25) is 0 Å². The predicted octanol–water partition coefficient (Wildman–Crippen LogP) is 1.09. The van der Waals surface area contributed by atoms with Crippen LogP contribution in [0.25, 0.3) is 0 Å². The summed E-state index contributed by atoms with van der Waals surface area (Å²) in [6, 6.07) is 5.29. The van der Waals surface area contributed by atoms with E-state index >= 15 is 0 Å². The summed E-state index contributed by atoms with van der Waals surface area (Å²) in [5, 5.41) is 16.8. The molecular weight excluding hydrogens is 252 g/mol. The lowest BCUT2D eigenvalue weighted by molar-refractivity contribution is -0.384. The molecule has 1 aromatic heterocycles. The van der Waals surface area contributed by atoms with Gasteiger partial charge >= 0.3 is 0 Å². The van der Waals surface area contributed by atoms with Crippen LogP contribution in [0.3, 0.4) is 0 Å². The molecule has 0 aliphatic carbocycles. The topological polar surface area (TPSA) is 124 Å². The number of nitrogens with one attached hydrogen (secondary N) is 1. The number of carbonyl (C=O) groups is 1. The first-order chi connectivity index (χ1) is 9.08. The average molecular weight is 262 g/mol. The van der Waals surface area contributed by atoms with Crippen molar-refractivity contribution in [1.29, 1.82) is 0 Å². The van der Waals surface area contributed by atoms with Gasteiger partial charge in [0.25, 0.3) is 11.6 Å². The second-order valence-electron chi connectivity index (χ2n) is 3.70. The molecule has 8 nitrogen and oxygen atoms in total. The normalized spacial score (nSPS) is 10.1. The highest BCUT2D eigenvalue weighted by Gasteiger charge is 2.15. The van der Waals surface area contributed by atoms with Gasteiger partial charge in [0.2, 0.25) is 0 Å². The highest BCUT2D eigenvalue weighted by Crippen LogP contribution is 2.19. The van der Waals surface area contributed by atoms with Crippen molar-refractivity contribution in [3.63, 3.8) is 0 Å². The summed E-state index contributed by atoms with van der Waals surface area (Å²) in [5.74, 6) is -0.510. The number of non-ortho nitro benzene ring substituents is 1. The Bertz CT molecular complexity index is 609. The lowest BCUT2D eigenvalue weighted by Crippen LogP contribution is -2.24. The fourth-order valence-corrected chi connectivity index (χ4v) is 1.45. The summed E-state index contributed by atoms with van der Waals surface area (Å²) in [6.07, 6.45) is 1.38. The van der Waals surface area contributed by atoms with Gasteiger partial charge in [0.05, 0.1) is 17.0 Å². The predicted molar refractivity (Wildman–Crippen MR) is 65.2 cm³/mol. The van der Waals surface area contributed by atoms with Crippen molar-refractivity contribution >= 4 is 17.3 Å². The van der Waals surface area contributed by atoms with Gasteiger partial charge in [-0.2, -0.15) is 0 Å². The molecule has 0 unspecified atom stereocenters. The number of nitro groups is 1. The lowest BCUT2D eigenvalue weighted by atomic mass is 10.1. The first-order valence-electron chi connectivity index (χ1n) is 5.29. The molecule has 0 aliphatic rings. The van der Waals surface area contributed by atoms with E-state index in [-0.39, 0.29) is 23.5 Å². The maximum atomic E-state index is 11.9. The van der Waals surface area contributed by atoms with E-state index in [4.69, 9.17) is 5.73 Å². The van der Waals surface area contributed by atoms with E-state index in [1.807, 2.05) is 0 Å². The fraction of sp³-hybridized carbons (Fsp3) is 0.0909. The van der Waals surface area contributed by atoms with Crippen molar-refractivity contribution in [3.05, 3.63) is 51.9 Å². The molecule has 0 atom stereocenters. The van der Waals surface area contributed by atoms with Crippen LogP contribution in [0.1, 0.15) is 16.1 Å². The van der Waals surface area contributed by atoms with E-state index in [0.29, 0.717) is 5.69 Å². The summed E-state index contributed by atoms with van der Waals surface area (Å²) in [6.45, 7) is 0.150. The molecule has 19 heavy (non-hydrogen) atoms. The van der Waals surface area contributed by atoms with Crippen molar-refractivity contribution < 1.29 is 14.2 Å². The third-order valence-electron chi connectivity index (χ3n) is 2.41. The summed E-state index contributed by atoms with van der Waals surface area (Å²) in [5.41, 5.74) is 6.19. The Hall–Kier alpha value is -2.90. The smallest absolute Gasteiger partial charge is 0.270 e. The number of nitro benzene ring substituents is 1. The minimum absolute atomic E-state index is 0.0534. The zero-order chi connectivity index (χ0) is 13.8. The Kier molecular flexibility index (Phi) is 3.42. The Morgan fingerprint density at radius 3 is 2.89 bits per heavy atom. The monoisotopic (exact) mass is 262 g/mol. The Morgan fingerprint density at radius 2 is 2.26 bits per heavy atom. The molecule has 3 N–H and O–H groups in total.